The average Bonchev–Trinajstić information content (AvgIpc) is 2.17. The summed E-state index contributed by atoms with van der Waals surface area (Å²) in [5, 5.41) is 0. The van der Waals surface area contributed by atoms with Crippen molar-refractivity contribution in [2.75, 3.05) is 20.3 Å². The second-order valence-electron chi connectivity index (χ2n) is 2.88. The average molecular weight is 206 g/mol. The van der Waals surface area contributed by atoms with Gasteiger partial charge in [-0.2, -0.15) is 0 Å². The highest BCUT2D eigenvalue weighted by molar-refractivity contribution is 6.60. The lowest BCUT2D eigenvalue weighted by Gasteiger charge is -2.26. The third-order valence-corrected chi connectivity index (χ3v) is 4.79. The standard InChI is InChI=1S/C9H22O3Si/c1-5-8-9-12-13(7-3,10-4)11-6-2/h5-9H2,1-4H3. The summed E-state index contributed by atoms with van der Waals surface area (Å²) in [6, 6.07) is 0.848. The molecule has 0 heterocycles. The number of unbranched alkanes of at least 4 members (excludes halogenated alkanes) is 1. The Bertz CT molecular complexity index is 115. The van der Waals surface area contributed by atoms with Crippen LogP contribution >= 0.6 is 0 Å². The molecule has 0 aromatic rings. The summed E-state index contributed by atoms with van der Waals surface area (Å²) < 4.78 is 16.6. The van der Waals surface area contributed by atoms with Crippen LogP contribution in [0, 0.1) is 0 Å². The molecule has 0 saturated heterocycles. The lowest BCUT2D eigenvalue weighted by Crippen LogP contribution is -2.44. The quantitative estimate of drug-likeness (QED) is 0.451. The van der Waals surface area contributed by atoms with E-state index in [2.05, 4.69) is 13.8 Å². The Morgan fingerprint density at radius 3 is 2.15 bits per heavy atom. The Labute approximate surface area is 82.8 Å². The molecule has 0 bridgehead atoms. The van der Waals surface area contributed by atoms with Gasteiger partial charge in [-0.25, -0.2) is 0 Å². The summed E-state index contributed by atoms with van der Waals surface area (Å²) >= 11 is 0. The summed E-state index contributed by atoms with van der Waals surface area (Å²) in [6.07, 6.45) is 2.22. The van der Waals surface area contributed by atoms with Gasteiger partial charge >= 0.3 is 8.80 Å². The highest BCUT2D eigenvalue weighted by Gasteiger charge is 2.37. The SMILES string of the molecule is CCCCO[Si](CC)(OC)OCC. The summed E-state index contributed by atoms with van der Waals surface area (Å²) in [5.74, 6) is 0. The predicted octanol–water partition coefficient (Wildman–Crippen LogP) is 2.44. The fourth-order valence-corrected chi connectivity index (χ4v) is 3.01. The smallest absolute Gasteiger partial charge is 0.377 e. The number of hydrogen-bond acceptors (Lipinski definition) is 3. The maximum atomic E-state index is 5.70. The molecule has 0 aliphatic carbocycles. The van der Waals surface area contributed by atoms with E-state index in [-0.39, 0.29) is 0 Å². The highest BCUT2D eigenvalue weighted by atomic mass is 28.4. The van der Waals surface area contributed by atoms with Crippen molar-refractivity contribution in [2.24, 2.45) is 0 Å². The van der Waals surface area contributed by atoms with Crippen molar-refractivity contribution in [3.8, 4) is 0 Å². The molecule has 0 amide bonds. The summed E-state index contributed by atoms with van der Waals surface area (Å²) in [6.45, 7) is 7.59. The van der Waals surface area contributed by atoms with Crippen LogP contribution in [-0.4, -0.2) is 29.1 Å². The molecule has 0 radical (unpaired) electrons. The van der Waals surface area contributed by atoms with Gasteiger partial charge in [0.2, 0.25) is 0 Å². The molecular formula is C9H22O3Si. The van der Waals surface area contributed by atoms with Crippen molar-refractivity contribution in [2.45, 2.75) is 39.7 Å². The monoisotopic (exact) mass is 206 g/mol. The molecule has 0 saturated carbocycles. The Morgan fingerprint density at radius 1 is 1.08 bits per heavy atom. The van der Waals surface area contributed by atoms with Gasteiger partial charge in [0.05, 0.1) is 0 Å². The minimum atomic E-state index is -2.28. The van der Waals surface area contributed by atoms with Crippen LogP contribution in [0.5, 0.6) is 0 Å². The summed E-state index contributed by atoms with van der Waals surface area (Å²) in [7, 11) is -0.603. The van der Waals surface area contributed by atoms with Crippen LogP contribution in [0.3, 0.4) is 0 Å². The highest BCUT2D eigenvalue weighted by Crippen LogP contribution is 2.14. The van der Waals surface area contributed by atoms with E-state index in [1.54, 1.807) is 7.11 Å². The first-order valence-electron chi connectivity index (χ1n) is 5.07. The van der Waals surface area contributed by atoms with Gasteiger partial charge in [-0.05, 0) is 13.3 Å². The molecule has 1 atom stereocenters. The molecule has 0 aliphatic rings. The molecule has 0 aromatic carbocycles. The van der Waals surface area contributed by atoms with Crippen LogP contribution in [0.25, 0.3) is 0 Å². The second-order valence-corrected chi connectivity index (χ2v) is 5.93. The normalized spacial score (nSPS) is 15.7. The van der Waals surface area contributed by atoms with Gasteiger partial charge in [0.15, 0.2) is 0 Å². The van der Waals surface area contributed by atoms with Crippen molar-refractivity contribution < 1.29 is 13.3 Å². The number of rotatable bonds is 8. The molecule has 0 aliphatic heterocycles. The molecule has 0 fully saturated rings. The van der Waals surface area contributed by atoms with Crippen molar-refractivity contribution >= 4 is 8.80 Å². The summed E-state index contributed by atoms with van der Waals surface area (Å²) in [4.78, 5) is 0. The van der Waals surface area contributed by atoms with Crippen molar-refractivity contribution in [1.29, 1.82) is 0 Å². The molecule has 0 N–H and O–H groups in total. The Kier molecular flexibility index (Phi) is 7.55. The first-order valence-corrected chi connectivity index (χ1v) is 7.00. The number of hydrogen-bond donors (Lipinski definition) is 0. The minimum Gasteiger partial charge on any atom is -0.377 e. The topological polar surface area (TPSA) is 27.7 Å². The van der Waals surface area contributed by atoms with Crippen LogP contribution in [0.4, 0.5) is 0 Å². The third kappa shape index (κ3) is 4.76. The van der Waals surface area contributed by atoms with E-state index in [1.165, 1.54) is 0 Å². The Morgan fingerprint density at radius 2 is 1.77 bits per heavy atom. The maximum absolute atomic E-state index is 5.70. The lowest BCUT2D eigenvalue weighted by atomic mass is 10.4. The van der Waals surface area contributed by atoms with E-state index in [0.717, 1.165) is 25.5 Å². The third-order valence-electron chi connectivity index (χ3n) is 1.93. The van der Waals surface area contributed by atoms with Crippen LogP contribution in [-0.2, 0) is 13.3 Å². The first kappa shape index (κ1) is 13.1. The van der Waals surface area contributed by atoms with Gasteiger partial charge in [-0.3, -0.25) is 0 Å². The van der Waals surface area contributed by atoms with Gasteiger partial charge in [-0.15, -0.1) is 0 Å². The van der Waals surface area contributed by atoms with Crippen molar-refractivity contribution in [3.05, 3.63) is 0 Å². The Balaban J connectivity index is 3.89. The van der Waals surface area contributed by atoms with Crippen LogP contribution < -0.4 is 0 Å². The molecule has 13 heavy (non-hydrogen) atoms. The fraction of sp³-hybridized carbons (Fsp3) is 1.00. The van der Waals surface area contributed by atoms with Gasteiger partial charge in [-0.1, -0.05) is 20.3 Å². The molecule has 0 aromatic heterocycles. The Hall–Kier alpha value is 0.0969. The van der Waals surface area contributed by atoms with Gasteiger partial charge < -0.3 is 13.3 Å². The zero-order chi connectivity index (χ0) is 10.2. The molecule has 4 heteroatoms. The zero-order valence-corrected chi connectivity index (χ0v) is 10.3. The van der Waals surface area contributed by atoms with E-state index in [0.29, 0.717) is 6.61 Å². The van der Waals surface area contributed by atoms with E-state index < -0.39 is 8.80 Å². The van der Waals surface area contributed by atoms with Crippen LogP contribution in [0.2, 0.25) is 6.04 Å². The van der Waals surface area contributed by atoms with Crippen molar-refractivity contribution in [3.63, 3.8) is 0 Å². The van der Waals surface area contributed by atoms with E-state index >= 15 is 0 Å². The lowest BCUT2D eigenvalue weighted by molar-refractivity contribution is 0.0819. The summed E-state index contributed by atoms with van der Waals surface area (Å²) in [5.41, 5.74) is 0. The van der Waals surface area contributed by atoms with E-state index in [1.807, 2.05) is 6.92 Å². The molecule has 80 valence electrons. The predicted molar refractivity (Wildman–Crippen MR) is 55.7 cm³/mol. The molecule has 0 spiro atoms. The second kappa shape index (κ2) is 7.50. The maximum Gasteiger partial charge on any atom is 0.500 e. The van der Waals surface area contributed by atoms with Crippen molar-refractivity contribution in [1.82, 2.24) is 0 Å². The molecule has 0 rings (SSSR count). The van der Waals surface area contributed by atoms with Gasteiger partial charge in [0.25, 0.3) is 0 Å². The van der Waals surface area contributed by atoms with Gasteiger partial charge in [0.1, 0.15) is 0 Å². The largest absolute Gasteiger partial charge is 0.500 e. The minimum absolute atomic E-state index is 0.667. The molecular weight excluding hydrogens is 184 g/mol. The van der Waals surface area contributed by atoms with Crippen LogP contribution in [0.15, 0.2) is 0 Å². The fourth-order valence-electron chi connectivity index (χ4n) is 1.10. The molecule has 1 unspecified atom stereocenters. The zero-order valence-electron chi connectivity index (χ0n) is 9.26. The van der Waals surface area contributed by atoms with Gasteiger partial charge in [0, 0.05) is 26.4 Å². The van der Waals surface area contributed by atoms with E-state index in [9.17, 15) is 0 Å². The van der Waals surface area contributed by atoms with Crippen LogP contribution in [0.1, 0.15) is 33.6 Å². The molecule has 3 nitrogen and oxygen atoms in total. The first-order chi connectivity index (χ1) is 6.24. The van der Waals surface area contributed by atoms with E-state index in [4.69, 9.17) is 13.3 Å².